The quantitative estimate of drug-likeness (QED) is 0.505. The van der Waals surface area contributed by atoms with Crippen LogP contribution in [0.1, 0.15) is 41.5 Å². The highest BCUT2D eigenvalue weighted by atomic mass is 79.9. The first-order valence-corrected chi connectivity index (χ1v) is 8.41. The van der Waals surface area contributed by atoms with Gasteiger partial charge in [0.2, 0.25) is 0 Å². The molecule has 4 heteroatoms. The SMILES string of the molecule is CC(C)(C)c1ccc(C(Cl)c2cccc(Br)c2Cl)s1. The van der Waals surface area contributed by atoms with Crippen molar-refractivity contribution in [1.29, 1.82) is 0 Å². The summed E-state index contributed by atoms with van der Waals surface area (Å²) in [7, 11) is 0. The number of halogens is 3. The summed E-state index contributed by atoms with van der Waals surface area (Å²) < 4.78 is 0.880. The van der Waals surface area contributed by atoms with Crippen LogP contribution >= 0.6 is 50.5 Å². The molecule has 0 aliphatic rings. The summed E-state index contributed by atoms with van der Waals surface area (Å²) in [5.41, 5.74) is 1.10. The van der Waals surface area contributed by atoms with Crippen LogP contribution in [0.25, 0.3) is 0 Å². The molecule has 2 rings (SSSR count). The van der Waals surface area contributed by atoms with Crippen LogP contribution in [0.4, 0.5) is 0 Å². The molecule has 0 saturated heterocycles. The smallest absolute Gasteiger partial charge is 0.0942 e. The van der Waals surface area contributed by atoms with E-state index in [-0.39, 0.29) is 10.8 Å². The van der Waals surface area contributed by atoms with Crippen molar-refractivity contribution in [2.75, 3.05) is 0 Å². The van der Waals surface area contributed by atoms with E-state index in [1.54, 1.807) is 11.3 Å². The maximum atomic E-state index is 6.58. The van der Waals surface area contributed by atoms with Crippen molar-refractivity contribution in [3.8, 4) is 0 Å². The summed E-state index contributed by atoms with van der Waals surface area (Å²) in [6.45, 7) is 6.62. The highest BCUT2D eigenvalue weighted by Crippen LogP contribution is 2.41. The first-order chi connectivity index (χ1) is 8.80. The lowest BCUT2D eigenvalue weighted by Gasteiger charge is -2.16. The molecule has 0 nitrogen and oxygen atoms in total. The Kier molecular flexibility index (Phi) is 4.67. The van der Waals surface area contributed by atoms with Gasteiger partial charge in [-0.05, 0) is 45.1 Å². The Morgan fingerprint density at radius 3 is 2.42 bits per heavy atom. The number of alkyl halides is 1. The molecular formula is C15H15BrCl2S. The van der Waals surface area contributed by atoms with E-state index in [1.165, 1.54) is 4.88 Å². The Morgan fingerprint density at radius 1 is 1.16 bits per heavy atom. The summed E-state index contributed by atoms with van der Waals surface area (Å²) >= 11 is 18.1. The molecule has 1 atom stereocenters. The van der Waals surface area contributed by atoms with Gasteiger partial charge in [-0.25, -0.2) is 0 Å². The van der Waals surface area contributed by atoms with Gasteiger partial charge in [-0.1, -0.05) is 44.5 Å². The van der Waals surface area contributed by atoms with Crippen LogP contribution in [0, 0.1) is 0 Å². The Labute approximate surface area is 136 Å². The van der Waals surface area contributed by atoms with Gasteiger partial charge in [0.05, 0.1) is 10.4 Å². The number of thiophene rings is 1. The summed E-state index contributed by atoms with van der Waals surface area (Å²) in [6.07, 6.45) is 0. The number of hydrogen-bond acceptors (Lipinski definition) is 1. The zero-order valence-corrected chi connectivity index (χ0v) is 14.9. The van der Waals surface area contributed by atoms with Gasteiger partial charge in [-0.3, -0.25) is 0 Å². The molecule has 19 heavy (non-hydrogen) atoms. The third-order valence-electron chi connectivity index (χ3n) is 2.87. The van der Waals surface area contributed by atoms with E-state index in [0.717, 1.165) is 14.9 Å². The molecule has 102 valence electrons. The Morgan fingerprint density at radius 2 is 1.84 bits per heavy atom. The normalized spacial score (nSPS) is 13.6. The van der Waals surface area contributed by atoms with Gasteiger partial charge in [0, 0.05) is 14.2 Å². The molecular weight excluding hydrogens is 363 g/mol. The second-order valence-corrected chi connectivity index (χ2v) is 8.24. The lowest BCUT2D eigenvalue weighted by Crippen LogP contribution is -2.07. The molecule has 0 N–H and O–H groups in total. The van der Waals surface area contributed by atoms with Crippen molar-refractivity contribution in [3.05, 3.63) is 55.1 Å². The topological polar surface area (TPSA) is 0 Å². The van der Waals surface area contributed by atoms with Gasteiger partial charge in [0.1, 0.15) is 0 Å². The van der Waals surface area contributed by atoms with Crippen LogP contribution in [-0.4, -0.2) is 0 Å². The van der Waals surface area contributed by atoms with Gasteiger partial charge in [0.25, 0.3) is 0 Å². The first kappa shape index (κ1) is 15.4. The molecule has 2 aromatic rings. The molecule has 0 spiro atoms. The maximum absolute atomic E-state index is 6.58. The number of benzene rings is 1. The van der Waals surface area contributed by atoms with Gasteiger partial charge in [-0.15, -0.1) is 22.9 Å². The van der Waals surface area contributed by atoms with E-state index in [4.69, 9.17) is 23.2 Å². The third-order valence-corrected chi connectivity index (χ3v) is 6.36. The average Bonchev–Trinajstić information content (AvgIpc) is 2.81. The van der Waals surface area contributed by atoms with Gasteiger partial charge in [0.15, 0.2) is 0 Å². The van der Waals surface area contributed by atoms with Crippen LogP contribution in [0.2, 0.25) is 5.02 Å². The predicted molar refractivity (Wildman–Crippen MR) is 89.9 cm³/mol. The Hall–Kier alpha value is -0.0200. The molecule has 0 amide bonds. The number of rotatable bonds is 2. The van der Waals surface area contributed by atoms with E-state index < -0.39 is 0 Å². The molecule has 0 radical (unpaired) electrons. The highest BCUT2D eigenvalue weighted by molar-refractivity contribution is 9.10. The minimum atomic E-state index is -0.203. The summed E-state index contributed by atoms with van der Waals surface area (Å²) in [5.74, 6) is 0. The zero-order chi connectivity index (χ0) is 14.2. The second-order valence-electron chi connectivity index (χ2n) is 5.46. The maximum Gasteiger partial charge on any atom is 0.0942 e. The van der Waals surface area contributed by atoms with Gasteiger partial charge < -0.3 is 0 Å². The third kappa shape index (κ3) is 3.36. The molecule has 0 fully saturated rings. The molecule has 0 aliphatic carbocycles. The molecule has 0 saturated carbocycles. The molecule has 1 unspecified atom stereocenters. The molecule has 1 aromatic heterocycles. The fourth-order valence-electron chi connectivity index (χ4n) is 1.76. The lowest BCUT2D eigenvalue weighted by atomic mass is 9.95. The summed E-state index contributed by atoms with van der Waals surface area (Å²) in [5, 5.41) is 0.485. The fourth-order valence-corrected chi connectivity index (χ4v) is 3.89. The molecule has 1 aromatic carbocycles. The number of hydrogen-bond donors (Lipinski definition) is 0. The van der Waals surface area contributed by atoms with Crippen molar-refractivity contribution >= 4 is 50.5 Å². The van der Waals surface area contributed by atoms with Crippen LogP contribution in [-0.2, 0) is 5.41 Å². The van der Waals surface area contributed by atoms with Crippen molar-refractivity contribution in [2.45, 2.75) is 31.6 Å². The van der Waals surface area contributed by atoms with E-state index >= 15 is 0 Å². The largest absolute Gasteiger partial charge is 0.143 e. The predicted octanol–water partition coefficient (Wildman–Crippen LogP) is 6.79. The van der Waals surface area contributed by atoms with E-state index in [9.17, 15) is 0 Å². The van der Waals surface area contributed by atoms with E-state index in [0.29, 0.717) is 5.02 Å². The van der Waals surface area contributed by atoms with Crippen molar-refractivity contribution in [1.82, 2.24) is 0 Å². The van der Waals surface area contributed by atoms with Crippen LogP contribution in [0.3, 0.4) is 0 Å². The summed E-state index contributed by atoms with van der Waals surface area (Å²) in [4.78, 5) is 2.46. The minimum Gasteiger partial charge on any atom is -0.143 e. The summed E-state index contributed by atoms with van der Waals surface area (Å²) in [6, 6.07) is 10.1. The fraction of sp³-hybridized carbons (Fsp3) is 0.333. The highest BCUT2D eigenvalue weighted by Gasteiger charge is 2.21. The minimum absolute atomic E-state index is 0.153. The van der Waals surface area contributed by atoms with Crippen LogP contribution < -0.4 is 0 Å². The Bertz CT molecular complexity index is 584. The van der Waals surface area contributed by atoms with E-state index in [1.807, 2.05) is 18.2 Å². The molecule has 1 heterocycles. The van der Waals surface area contributed by atoms with Crippen molar-refractivity contribution in [3.63, 3.8) is 0 Å². The lowest BCUT2D eigenvalue weighted by molar-refractivity contribution is 0.604. The van der Waals surface area contributed by atoms with Crippen LogP contribution in [0.15, 0.2) is 34.8 Å². The van der Waals surface area contributed by atoms with Crippen molar-refractivity contribution < 1.29 is 0 Å². The van der Waals surface area contributed by atoms with Gasteiger partial charge in [-0.2, -0.15) is 0 Å². The zero-order valence-electron chi connectivity index (χ0n) is 11.0. The molecule has 0 bridgehead atoms. The molecule has 0 aliphatic heterocycles. The standard InChI is InChI=1S/C15H15BrCl2S/c1-15(2,3)12-8-7-11(19-12)14(18)9-5-4-6-10(16)13(9)17/h4-8,14H,1-3H3. The van der Waals surface area contributed by atoms with Crippen molar-refractivity contribution in [2.24, 2.45) is 0 Å². The Balaban J connectivity index is 2.37. The second kappa shape index (κ2) is 5.77. The monoisotopic (exact) mass is 376 g/mol. The van der Waals surface area contributed by atoms with Crippen LogP contribution in [0.5, 0.6) is 0 Å². The van der Waals surface area contributed by atoms with E-state index in [2.05, 4.69) is 48.8 Å². The van der Waals surface area contributed by atoms with Gasteiger partial charge >= 0.3 is 0 Å². The average molecular weight is 378 g/mol. The first-order valence-electron chi connectivity index (χ1n) is 5.99.